The molecule has 3 nitrogen and oxygen atoms in total. The van der Waals surface area contributed by atoms with E-state index in [1.54, 1.807) is 0 Å². The molecule has 0 aromatic carbocycles. The molecule has 1 unspecified atom stereocenters. The fourth-order valence-electron chi connectivity index (χ4n) is 2.12. The van der Waals surface area contributed by atoms with Gasteiger partial charge >= 0.3 is 0 Å². The lowest BCUT2D eigenvalue weighted by Crippen LogP contribution is -2.41. The van der Waals surface area contributed by atoms with E-state index in [0.717, 1.165) is 19.1 Å². The molecule has 1 saturated heterocycles. The fraction of sp³-hybridized carbons (Fsp3) is 1.00. The summed E-state index contributed by atoms with van der Waals surface area (Å²) < 4.78 is 5.55. The summed E-state index contributed by atoms with van der Waals surface area (Å²) in [5, 5.41) is 0. The van der Waals surface area contributed by atoms with Gasteiger partial charge in [-0.3, -0.25) is 0 Å². The monoisotopic (exact) mass is 250 g/mol. The summed E-state index contributed by atoms with van der Waals surface area (Å²) in [4.78, 5) is 2.49. The van der Waals surface area contributed by atoms with Crippen LogP contribution in [-0.4, -0.2) is 43.3 Å². The molecule has 16 heavy (non-hydrogen) atoms. The van der Waals surface area contributed by atoms with Gasteiger partial charge in [0.05, 0.1) is 12.7 Å². The average Bonchev–Trinajstić information content (AvgIpc) is 2.18. The van der Waals surface area contributed by atoms with Gasteiger partial charge in [0.2, 0.25) is 0 Å². The second kappa shape index (κ2) is 8.29. The summed E-state index contributed by atoms with van der Waals surface area (Å²) in [6, 6.07) is 0.360. The summed E-state index contributed by atoms with van der Waals surface area (Å²) in [5.41, 5.74) is 5.91. The van der Waals surface area contributed by atoms with Crippen LogP contribution in [0.15, 0.2) is 0 Å². The Bertz CT molecular complexity index is 166. The highest BCUT2D eigenvalue weighted by Gasteiger charge is 2.21. The number of likely N-dealkylation sites (tertiary alicyclic amines) is 1. The minimum Gasteiger partial charge on any atom is -0.377 e. The molecular weight excluding hydrogens is 224 g/mol. The average molecular weight is 251 g/mol. The van der Waals surface area contributed by atoms with Crippen molar-refractivity contribution in [3.63, 3.8) is 0 Å². The summed E-state index contributed by atoms with van der Waals surface area (Å²) in [5.74, 6) is 0.729. The molecule has 1 fully saturated rings. The zero-order chi connectivity index (χ0) is 11.3. The predicted octanol–water partition coefficient (Wildman–Crippen LogP) is 1.89. The molecule has 1 heterocycles. The highest BCUT2D eigenvalue weighted by Crippen LogP contribution is 2.19. The van der Waals surface area contributed by atoms with Gasteiger partial charge in [0.25, 0.3) is 0 Å². The summed E-state index contributed by atoms with van der Waals surface area (Å²) in [6.07, 6.45) is 2.85. The van der Waals surface area contributed by atoms with E-state index in [4.69, 9.17) is 10.5 Å². The Labute approximate surface area is 106 Å². The maximum atomic E-state index is 5.91. The first kappa shape index (κ1) is 16.2. The number of hydrogen-bond acceptors (Lipinski definition) is 3. The molecule has 0 radical (unpaired) electrons. The first-order chi connectivity index (χ1) is 7.09. The van der Waals surface area contributed by atoms with Crippen LogP contribution in [-0.2, 0) is 4.74 Å². The van der Waals surface area contributed by atoms with Crippen LogP contribution in [0.2, 0.25) is 0 Å². The van der Waals surface area contributed by atoms with E-state index in [0.29, 0.717) is 12.1 Å². The van der Waals surface area contributed by atoms with Gasteiger partial charge in [-0.2, -0.15) is 0 Å². The molecule has 0 amide bonds. The smallest absolute Gasteiger partial charge is 0.0596 e. The standard InChI is InChI=1S/C12H26N2O.ClH/c1-10(2)15-9-8-14-6-4-12(5-7-14)11(3)13;/h10-12H,4-9,13H2,1-3H3;1H. The molecule has 0 aromatic heterocycles. The van der Waals surface area contributed by atoms with Crippen molar-refractivity contribution >= 4 is 12.4 Å². The number of ether oxygens (including phenoxy) is 1. The third-order valence-corrected chi connectivity index (χ3v) is 3.23. The molecule has 98 valence electrons. The normalized spacial score (nSPS) is 20.8. The molecule has 0 saturated carbocycles. The van der Waals surface area contributed by atoms with Crippen LogP contribution in [0.5, 0.6) is 0 Å². The second-order valence-electron chi connectivity index (χ2n) is 4.96. The first-order valence-electron chi connectivity index (χ1n) is 6.19. The first-order valence-corrected chi connectivity index (χ1v) is 6.19. The largest absolute Gasteiger partial charge is 0.377 e. The lowest BCUT2D eigenvalue weighted by atomic mass is 9.91. The summed E-state index contributed by atoms with van der Waals surface area (Å²) in [7, 11) is 0. The van der Waals surface area contributed by atoms with Crippen LogP contribution in [0.3, 0.4) is 0 Å². The SMILES string of the molecule is CC(C)OCCN1CCC(C(C)N)CC1.Cl. The zero-order valence-electron chi connectivity index (χ0n) is 10.8. The maximum Gasteiger partial charge on any atom is 0.0596 e. The minimum absolute atomic E-state index is 0. The van der Waals surface area contributed by atoms with Crippen molar-refractivity contribution in [3.05, 3.63) is 0 Å². The third-order valence-electron chi connectivity index (χ3n) is 3.23. The van der Waals surface area contributed by atoms with Crippen LogP contribution < -0.4 is 5.73 Å². The van der Waals surface area contributed by atoms with Crippen molar-refractivity contribution in [1.82, 2.24) is 4.90 Å². The molecule has 4 heteroatoms. The maximum absolute atomic E-state index is 5.91. The summed E-state index contributed by atoms with van der Waals surface area (Å²) >= 11 is 0. The quantitative estimate of drug-likeness (QED) is 0.810. The molecule has 1 atom stereocenters. The van der Waals surface area contributed by atoms with Gasteiger partial charge in [0.15, 0.2) is 0 Å². The summed E-state index contributed by atoms with van der Waals surface area (Å²) in [6.45, 7) is 10.6. The van der Waals surface area contributed by atoms with Crippen LogP contribution in [0.25, 0.3) is 0 Å². The van der Waals surface area contributed by atoms with Gasteiger partial charge < -0.3 is 15.4 Å². The van der Waals surface area contributed by atoms with Crippen LogP contribution in [0, 0.1) is 5.92 Å². The molecule has 1 aliphatic rings. The van der Waals surface area contributed by atoms with Crippen LogP contribution in [0.1, 0.15) is 33.6 Å². The Hall–Kier alpha value is 0.170. The Balaban J connectivity index is 0.00000225. The van der Waals surface area contributed by atoms with Crippen molar-refractivity contribution in [1.29, 1.82) is 0 Å². The van der Waals surface area contributed by atoms with E-state index in [-0.39, 0.29) is 12.4 Å². The highest BCUT2D eigenvalue weighted by molar-refractivity contribution is 5.85. The minimum atomic E-state index is 0. The van der Waals surface area contributed by atoms with E-state index in [9.17, 15) is 0 Å². The lowest BCUT2D eigenvalue weighted by molar-refractivity contribution is 0.0498. The van der Waals surface area contributed by atoms with Crippen molar-refractivity contribution in [2.75, 3.05) is 26.2 Å². The van der Waals surface area contributed by atoms with Gasteiger partial charge in [0.1, 0.15) is 0 Å². The van der Waals surface area contributed by atoms with Crippen molar-refractivity contribution in [3.8, 4) is 0 Å². The van der Waals surface area contributed by atoms with E-state index in [2.05, 4.69) is 25.7 Å². The van der Waals surface area contributed by atoms with E-state index in [1.807, 2.05) is 0 Å². The predicted molar refractivity (Wildman–Crippen MR) is 71.1 cm³/mol. The Morgan fingerprint density at radius 1 is 1.25 bits per heavy atom. The topological polar surface area (TPSA) is 38.5 Å². The van der Waals surface area contributed by atoms with Gasteiger partial charge in [-0.05, 0) is 52.6 Å². The van der Waals surface area contributed by atoms with Gasteiger partial charge in [0, 0.05) is 12.6 Å². The fourth-order valence-corrected chi connectivity index (χ4v) is 2.12. The highest BCUT2D eigenvalue weighted by atomic mass is 35.5. The van der Waals surface area contributed by atoms with E-state index in [1.165, 1.54) is 25.9 Å². The van der Waals surface area contributed by atoms with E-state index >= 15 is 0 Å². The molecule has 1 aliphatic heterocycles. The van der Waals surface area contributed by atoms with Crippen molar-refractivity contribution in [2.24, 2.45) is 11.7 Å². The number of piperidine rings is 1. The Kier molecular flexibility index (Phi) is 8.38. The number of nitrogens with two attached hydrogens (primary N) is 1. The van der Waals surface area contributed by atoms with E-state index < -0.39 is 0 Å². The number of halogens is 1. The molecule has 0 aromatic rings. The Morgan fingerprint density at radius 3 is 2.25 bits per heavy atom. The molecule has 2 N–H and O–H groups in total. The molecule has 0 bridgehead atoms. The lowest BCUT2D eigenvalue weighted by Gasteiger charge is -2.33. The van der Waals surface area contributed by atoms with Gasteiger partial charge in [-0.25, -0.2) is 0 Å². The molecular formula is C12H27ClN2O. The van der Waals surface area contributed by atoms with Gasteiger partial charge in [-0.1, -0.05) is 0 Å². The molecule has 1 rings (SSSR count). The van der Waals surface area contributed by atoms with Gasteiger partial charge in [-0.15, -0.1) is 12.4 Å². The van der Waals surface area contributed by atoms with Crippen LogP contribution >= 0.6 is 12.4 Å². The second-order valence-corrected chi connectivity index (χ2v) is 4.96. The number of hydrogen-bond donors (Lipinski definition) is 1. The number of rotatable bonds is 5. The molecule has 0 aliphatic carbocycles. The van der Waals surface area contributed by atoms with Crippen molar-refractivity contribution < 1.29 is 4.74 Å². The number of nitrogens with zero attached hydrogens (tertiary/aromatic N) is 1. The molecule has 0 spiro atoms. The van der Waals surface area contributed by atoms with Crippen molar-refractivity contribution in [2.45, 2.75) is 45.8 Å². The third kappa shape index (κ3) is 6.04. The van der Waals surface area contributed by atoms with Crippen LogP contribution in [0.4, 0.5) is 0 Å². The zero-order valence-corrected chi connectivity index (χ0v) is 11.6. The Morgan fingerprint density at radius 2 is 1.81 bits per heavy atom.